The first-order valence-electron chi connectivity index (χ1n) is 5.62. The van der Waals surface area contributed by atoms with E-state index in [1.54, 1.807) is 13.0 Å². The van der Waals surface area contributed by atoms with Crippen LogP contribution in [0.25, 0.3) is 0 Å². The van der Waals surface area contributed by atoms with Crippen LogP contribution in [-0.2, 0) is 5.75 Å². The van der Waals surface area contributed by atoms with E-state index in [4.69, 9.17) is 5.73 Å². The third-order valence-corrected chi connectivity index (χ3v) is 3.34. The zero-order valence-corrected chi connectivity index (χ0v) is 11.4. The second-order valence-corrected chi connectivity index (χ2v) is 4.98. The molecule has 0 radical (unpaired) electrons. The molecule has 0 bridgehead atoms. The number of aryl methyl sites for hydroxylation is 1. The SMILES string of the molecule is Cc1cc(N)nc(SCc2cc(F)ccc2[N+](=O)[O-])n1. The van der Waals surface area contributed by atoms with Gasteiger partial charge in [-0.1, -0.05) is 11.8 Å². The number of nitro groups is 1. The molecule has 0 aliphatic heterocycles. The Hall–Kier alpha value is -2.22. The van der Waals surface area contributed by atoms with Crippen LogP contribution in [0, 0.1) is 22.9 Å². The fraction of sp³-hybridized carbons (Fsp3) is 0.167. The van der Waals surface area contributed by atoms with Crippen LogP contribution in [0.5, 0.6) is 0 Å². The van der Waals surface area contributed by atoms with E-state index >= 15 is 0 Å². The number of hydrogen-bond donors (Lipinski definition) is 1. The summed E-state index contributed by atoms with van der Waals surface area (Å²) in [5.74, 6) is 0.00127. The highest BCUT2D eigenvalue weighted by molar-refractivity contribution is 7.98. The van der Waals surface area contributed by atoms with Gasteiger partial charge in [0.15, 0.2) is 5.16 Å². The average Bonchev–Trinajstić information content (AvgIpc) is 2.35. The molecule has 0 atom stereocenters. The molecule has 1 aromatic heterocycles. The van der Waals surface area contributed by atoms with Crippen molar-refractivity contribution in [1.82, 2.24) is 9.97 Å². The molecule has 0 unspecified atom stereocenters. The Labute approximate surface area is 118 Å². The van der Waals surface area contributed by atoms with Gasteiger partial charge in [0, 0.05) is 29.1 Å². The molecule has 0 saturated carbocycles. The molecule has 0 fully saturated rings. The van der Waals surface area contributed by atoms with Crippen LogP contribution in [0.2, 0.25) is 0 Å². The average molecular weight is 294 g/mol. The predicted molar refractivity (Wildman–Crippen MR) is 73.8 cm³/mol. The van der Waals surface area contributed by atoms with Crippen molar-refractivity contribution in [2.45, 2.75) is 17.8 Å². The molecule has 0 amide bonds. The van der Waals surface area contributed by atoms with Crippen molar-refractivity contribution in [1.29, 1.82) is 0 Å². The van der Waals surface area contributed by atoms with E-state index in [2.05, 4.69) is 9.97 Å². The monoisotopic (exact) mass is 294 g/mol. The van der Waals surface area contributed by atoms with Crippen LogP contribution in [0.3, 0.4) is 0 Å². The maximum absolute atomic E-state index is 13.2. The molecule has 6 nitrogen and oxygen atoms in total. The Balaban J connectivity index is 2.22. The summed E-state index contributed by atoms with van der Waals surface area (Å²) in [5.41, 5.74) is 6.46. The molecular weight excluding hydrogens is 283 g/mol. The molecule has 0 spiro atoms. The highest BCUT2D eigenvalue weighted by Gasteiger charge is 2.15. The number of benzene rings is 1. The Kier molecular flexibility index (Phi) is 4.14. The van der Waals surface area contributed by atoms with Gasteiger partial charge in [-0.15, -0.1) is 0 Å². The van der Waals surface area contributed by atoms with Crippen LogP contribution in [0.1, 0.15) is 11.3 Å². The first-order valence-corrected chi connectivity index (χ1v) is 6.61. The van der Waals surface area contributed by atoms with E-state index < -0.39 is 10.7 Å². The molecule has 1 aromatic carbocycles. The third-order valence-electron chi connectivity index (χ3n) is 2.45. The number of thioether (sulfide) groups is 1. The van der Waals surface area contributed by atoms with Gasteiger partial charge in [-0.2, -0.15) is 0 Å². The summed E-state index contributed by atoms with van der Waals surface area (Å²) < 4.78 is 13.2. The summed E-state index contributed by atoms with van der Waals surface area (Å²) in [5, 5.41) is 11.3. The number of nitrogens with two attached hydrogens (primary N) is 1. The van der Waals surface area contributed by atoms with Crippen molar-refractivity contribution in [3.63, 3.8) is 0 Å². The maximum Gasteiger partial charge on any atom is 0.273 e. The van der Waals surface area contributed by atoms with Crippen LogP contribution in [0.4, 0.5) is 15.9 Å². The van der Waals surface area contributed by atoms with Crippen molar-refractivity contribution in [3.8, 4) is 0 Å². The molecular formula is C12H11FN4O2S. The first kappa shape index (κ1) is 14.2. The van der Waals surface area contributed by atoms with Crippen LogP contribution < -0.4 is 5.73 Å². The number of nitro benzene ring substituents is 1. The number of nitrogen functional groups attached to an aromatic ring is 1. The minimum absolute atomic E-state index is 0.125. The lowest BCUT2D eigenvalue weighted by atomic mass is 10.2. The van der Waals surface area contributed by atoms with Crippen molar-refractivity contribution < 1.29 is 9.31 Å². The number of anilines is 1. The minimum Gasteiger partial charge on any atom is -0.384 e. The van der Waals surface area contributed by atoms with Gasteiger partial charge in [-0.25, -0.2) is 14.4 Å². The minimum atomic E-state index is -0.541. The Morgan fingerprint density at radius 1 is 1.40 bits per heavy atom. The number of nitrogens with zero attached hydrogens (tertiary/aromatic N) is 3. The Morgan fingerprint density at radius 2 is 2.15 bits per heavy atom. The number of rotatable bonds is 4. The highest BCUT2D eigenvalue weighted by Crippen LogP contribution is 2.27. The van der Waals surface area contributed by atoms with E-state index in [1.807, 2.05) is 0 Å². The molecule has 104 valence electrons. The van der Waals surface area contributed by atoms with Crippen LogP contribution >= 0.6 is 11.8 Å². The van der Waals surface area contributed by atoms with E-state index in [-0.39, 0.29) is 17.0 Å². The van der Waals surface area contributed by atoms with Crippen LogP contribution in [0.15, 0.2) is 29.4 Å². The standard InChI is InChI=1S/C12H11FN4O2S/c1-7-4-11(14)16-12(15-7)20-6-8-5-9(13)2-3-10(8)17(18)19/h2-5H,6H2,1H3,(H2,14,15,16). The number of halogens is 1. The van der Waals surface area contributed by atoms with E-state index in [9.17, 15) is 14.5 Å². The second kappa shape index (κ2) is 5.83. The summed E-state index contributed by atoms with van der Waals surface area (Å²) in [4.78, 5) is 18.5. The van der Waals surface area contributed by atoms with Crippen molar-refractivity contribution >= 4 is 23.3 Å². The molecule has 20 heavy (non-hydrogen) atoms. The lowest BCUT2D eigenvalue weighted by Gasteiger charge is -2.04. The van der Waals surface area contributed by atoms with Gasteiger partial charge >= 0.3 is 0 Å². The van der Waals surface area contributed by atoms with Crippen LogP contribution in [-0.4, -0.2) is 14.9 Å². The lowest BCUT2D eigenvalue weighted by Crippen LogP contribution is -1.98. The summed E-state index contributed by atoms with van der Waals surface area (Å²) >= 11 is 1.17. The molecule has 1 heterocycles. The number of hydrogen-bond acceptors (Lipinski definition) is 6. The Bertz CT molecular complexity index is 646. The van der Waals surface area contributed by atoms with Crippen molar-refractivity contribution in [2.24, 2.45) is 0 Å². The largest absolute Gasteiger partial charge is 0.384 e. The topological polar surface area (TPSA) is 94.9 Å². The summed E-state index contributed by atoms with van der Waals surface area (Å²) in [6.45, 7) is 1.77. The van der Waals surface area contributed by atoms with E-state index in [0.29, 0.717) is 16.7 Å². The molecule has 2 rings (SSSR count). The quantitative estimate of drug-likeness (QED) is 0.403. The Morgan fingerprint density at radius 3 is 2.80 bits per heavy atom. The predicted octanol–water partition coefficient (Wildman–Crippen LogP) is 2.71. The van der Waals surface area contributed by atoms with Crippen molar-refractivity contribution in [3.05, 3.63) is 51.5 Å². The fourth-order valence-corrected chi connectivity index (χ4v) is 2.51. The third kappa shape index (κ3) is 3.41. The fourth-order valence-electron chi connectivity index (χ4n) is 1.62. The van der Waals surface area contributed by atoms with Gasteiger partial charge in [-0.05, 0) is 19.1 Å². The highest BCUT2D eigenvalue weighted by atomic mass is 32.2. The first-order chi connectivity index (χ1) is 9.45. The molecule has 0 saturated heterocycles. The van der Waals surface area contributed by atoms with Gasteiger partial charge in [0.05, 0.1) is 4.92 Å². The van der Waals surface area contributed by atoms with Gasteiger partial charge in [0.25, 0.3) is 5.69 Å². The number of aromatic nitrogens is 2. The zero-order chi connectivity index (χ0) is 14.7. The van der Waals surface area contributed by atoms with Gasteiger partial charge < -0.3 is 5.73 Å². The van der Waals surface area contributed by atoms with Gasteiger partial charge in [0.1, 0.15) is 11.6 Å². The normalized spacial score (nSPS) is 10.5. The molecule has 2 aromatic rings. The van der Waals surface area contributed by atoms with Gasteiger partial charge in [0.2, 0.25) is 0 Å². The van der Waals surface area contributed by atoms with Gasteiger partial charge in [-0.3, -0.25) is 10.1 Å². The lowest BCUT2D eigenvalue weighted by molar-refractivity contribution is -0.385. The smallest absolute Gasteiger partial charge is 0.273 e. The second-order valence-electron chi connectivity index (χ2n) is 4.04. The van der Waals surface area contributed by atoms with E-state index in [0.717, 1.165) is 18.2 Å². The molecule has 0 aliphatic carbocycles. The summed E-state index contributed by atoms with van der Waals surface area (Å²) in [7, 11) is 0. The summed E-state index contributed by atoms with van der Waals surface area (Å²) in [6.07, 6.45) is 0. The zero-order valence-electron chi connectivity index (χ0n) is 10.5. The maximum atomic E-state index is 13.2. The van der Waals surface area contributed by atoms with E-state index in [1.165, 1.54) is 11.8 Å². The molecule has 0 aliphatic rings. The molecule has 2 N–H and O–H groups in total. The molecule has 8 heteroatoms. The van der Waals surface area contributed by atoms with Crippen molar-refractivity contribution in [2.75, 3.05) is 5.73 Å². The summed E-state index contributed by atoms with van der Waals surface area (Å²) in [6, 6.07) is 4.98.